The van der Waals surface area contributed by atoms with Gasteiger partial charge in [-0.25, -0.2) is 13.4 Å². The molecule has 0 fully saturated rings. The molecule has 1 aromatic heterocycles. The van der Waals surface area contributed by atoms with Crippen LogP contribution in [0, 0.1) is 0 Å². The number of nitrogens with zero attached hydrogens (tertiary/aromatic N) is 1. The molecule has 0 aliphatic carbocycles. The summed E-state index contributed by atoms with van der Waals surface area (Å²) in [7, 11) is -2.62. The second-order valence-electron chi connectivity index (χ2n) is 5.92. The molecule has 1 heterocycles. The first-order valence-corrected chi connectivity index (χ1v) is 10.7. The Labute approximate surface area is 167 Å². The third kappa shape index (κ3) is 4.75. The zero-order valence-corrected chi connectivity index (χ0v) is 16.9. The van der Waals surface area contributed by atoms with Crippen LogP contribution in [0.25, 0.3) is 11.3 Å². The van der Waals surface area contributed by atoms with Crippen LogP contribution in [0.2, 0.25) is 0 Å². The SMILES string of the molecule is COC(=O)C(C)NS(=O)(=O)c1ccc(Nc2nc(-c3ccccc3)cs2)cc1. The predicted octanol–water partition coefficient (Wildman–Crippen LogP) is 3.39. The van der Waals surface area contributed by atoms with E-state index in [1.54, 1.807) is 12.1 Å². The molecule has 0 amide bonds. The van der Waals surface area contributed by atoms with Crippen LogP contribution in [0.3, 0.4) is 0 Å². The molecule has 9 heteroatoms. The largest absolute Gasteiger partial charge is 0.468 e. The molecule has 1 atom stereocenters. The molecule has 3 rings (SSSR count). The molecule has 28 heavy (non-hydrogen) atoms. The molecule has 0 aliphatic rings. The first-order chi connectivity index (χ1) is 13.4. The van der Waals surface area contributed by atoms with Gasteiger partial charge < -0.3 is 10.1 Å². The minimum Gasteiger partial charge on any atom is -0.468 e. The summed E-state index contributed by atoms with van der Waals surface area (Å²) in [5.74, 6) is -0.653. The summed E-state index contributed by atoms with van der Waals surface area (Å²) in [6, 6.07) is 15.1. The number of anilines is 2. The molecule has 146 valence electrons. The van der Waals surface area contributed by atoms with E-state index in [4.69, 9.17) is 0 Å². The molecule has 0 radical (unpaired) electrons. The van der Waals surface area contributed by atoms with Gasteiger partial charge in [0.1, 0.15) is 6.04 Å². The number of hydrogen-bond donors (Lipinski definition) is 2. The summed E-state index contributed by atoms with van der Waals surface area (Å²) in [6.45, 7) is 1.42. The van der Waals surface area contributed by atoms with E-state index in [1.807, 2.05) is 35.7 Å². The van der Waals surface area contributed by atoms with E-state index >= 15 is 0 Å². The molecule has 7 nitrogen and oxygen atoms in total. The molecule has 0 spiro atoms. The maximum absolute atomic E-state index is 12.3. The molecule has 1 unspecified atom stereocenters. The van der Waals surface area contributed by atoms with Gasteiger partial charge in [0.15, 0.2) is 5.13 Å². The number of thiazole rings is 1. The van der Waals surface area contributed by atoms with E-state index in [0.717, 1.165) is 11.3 Å². The lowest BCUT2D eigenvalue weighted by Gasteiger charge is -2.12. The Bertz CT molecular complexity index is 1050. The molecular formula is C19H19N3O4S2. The molecular weight excluding hydrogens is 398 g/mol. The monoisotopic (exact) mass is 417 g/mol. The number of methoxy groups -OCH3 is 1. The van der Waals surface area contributed by atoms with Gasteiger partial charge in [-0.05, 0) is 31.2 Å². The summed E-state index contributed by atoms with van der Waals surface area (Å²) in [5, 5.41) is 5.81. The minimum atomic E-state index is -3.83. The van der Waals surface area contributed by atoms with Crippen LogP contribution in [0.4, 0.5) is 10.8 Å². The van der Waals surface area contributed by atoms with Crippen LogP contribution < -0.4 is 10.0 Å². The Hall–Kier alpha value is -2.75. The van der Waals surface area contributed by atoms with Gasteiger partial charge in [-0.3, -0.25) is 4.79 Å². The molecule has 3 aromatic rings. The molecule has 0 saturated heterocycles. The van der Waals surface area contributed by atoms with E-state index < -0.39 is 22.0 Å². The highest BCUT2D eigenvalue weighted by Gasteiger charge is 2.22. The Morgan fingerprint density at radius 2 is 1.79 bits per heavy atom. The van der Waals surface area contributed by atoms with Crippen molar-refractivity contribution in [2.45, 2.75) is 17.9 Å². The summed E-state index contributed by atoms with van der Waals surface area (Å²) < 4.78 is 31.5. The first kappa shape index (κ1) is 20.0. The molecule has 0 saturated carbocycles. The van der Waals surface area contributed by atoms with Crippen molar-refractivity contribution in [3.05, 3.63) is 60.0 Å². The maximum Gasteiger partial charge on any atom is 0.323 e. The van der Waals surface area contributed by atoms with Crippen LogP contribution in [0.5, 0.6) is 0 Å². The van der Waals surface area contributed by atoms with Crippen molar-refractivity contribution in [1.29, 1.82) is 0 Å². The Morgan fingerprint density at radius 1 is 1.11 bits per heavy atom. The summed E-state index contributed by atoms with van der Waals surface area (Å²) >= 11 is 1.46. The normalized spacial score (nSPS) is 12.4. The number of sulfonamides is 1. The number of rotatable bonds is 7. The van der Waals surface area contributed by atoms with Crippen molar-refractivity contribution in [2.75, 3.05) is 12.4 Å². The number of carbonyl (C=O) groups is 1. The van der Waals surface area contributed by atoms with Crippen LogP contribution in [0.1, 0.15) is 6.92 Å². The Kier molecular flexibility index (Phi) is 6.08. The fraction of sp³-hybridized carbons (Fsp3) is 0.158. The second-order valence-corrected chi connectivity index (χ2v) is 8.49. The number of ether oxygens (including phenoxy) is 1. The van der Waals surface area contributed by atoms with Gasteiger partial charge in [0.05, 0.1) is 17.7 Å². The van der Waals surface area contributed by atoms with Crippen molar-refractivity contribution in [3.8, 4) is 11.3 Å². The topological polar surface area (TPSA) is 97.4 Å². The second kappa shape index (κ2) is 8.51. The van der Waals surface area contributed by atoms with E-state index in [2.05, 4.69) is 19.8 Å². The number of benzene rings is 2. The van der Waals surface area contributed by atoms with Gasteiger partial charge in [0.2, 0.25) is 10.0 Å². The summed E-state index contributed by atoms with van der Waals surface area (Å²) in [4.78, 5) is 16.0. The lowest BCUT2D eigenvalue weighted by Crippen LogP contribution is -2.39. The van der Waals surface area contributed by atoms with E-state index in [1.165, 1.54) is 37.5 Å². The van der Waals surface area contributed by atoms with Crippen LogP contribution in [0.15, 0.2) is 64.9 Å². The van der Waals surface area contributed by atoms with E-state index in [0.29, 0.717) is 10.8 Å². The zero-order chi connectivity index (χ0) is 20.1. The quantitative estimate of drug-likeness (QED) is 0.572. The lowest BCUT2D eigenvalue weighted by atomic mass is 10.2. The van der Waals surface area contributed by atoms with Gasteiger partial charge in [0, 0.05) is 16.6 Å². The van der Waals surface area contributed by atoms with Gasteiger partial charge in [-0.15, -0.1) is 11.3 Å². The van der Waals surface area contributed by atoms with Crippen LogP contribution in [-0.4, -0.2) is 32.5 Å². The van der Waals surface area contributed by atoms with Crippen LogP contribution in [-0.2, 0) is 19.6 Å². The van der Waals surface area contributed by atoms with Gasteiger partial charge >= 0.3 is 5.97 Å². The Balaban J connectivity index is 1.70. The molecule has 0 bridgehead atoms. The van der Waals surface area contributed by atoms with Crippen molar-refractivity contribution >= 4 is 38.1 Å². The minimum absolute atomic E-state index is 0.0536. The van der Waals surface area contributed by atoms with Gasteiger partial charge in [0.25, 0.3) is 0 Å². The molecule has 0 aliphatic heterocycles. The number of hydrogen-bond acceptors (Lipinski definition) is 7. The zero-order valence-electron chi connectivity index (χ0n) is 15.2. The summed E-state index contributed by atoms with van der Waals surface area (Å²) in [5.41, 5.74) is 2.60. The Morgan fingerprint density at radius 3 is 2.43 bits per heavy atom. The number of aromatic nitrogens is 1. The highest BCUT2D eigenvalue weighted by atomic mass is 32.2. The fourth-order valence-electron chi connectivity index (χ4n) is 2.44. The maximum atomic E-state index is 12.3. The van der Waals surface area contributed by atoms with E-state index in [-0.39, 0.29) is 4.90 Å². The van der Waals surface area contributed by atoms with Crippen molar-refractivity contribution in [1.82, 2.24) is 9.71 Å². The standard InChI is InChI=1S/C19H19N3O4S2/c1-13(18(23)26-2)22-28(24,25)16-10-8-15(9-11-16)20-19-21-17(12-27-19)14-6-4-3-5-7-14/h3-13,22H,1-2H3,(H,20,21). The average molecular weight is 418 g/mol. The van der Waals surface area contributed by atoms with Crippen LogP contribution >= 0.6 is 11.3 Å². The lowest BCUT2D eigenvalue weighted by molar-refractivity contribution is -0.142. The predicted molar refractivity (Wildman–Crippen MR) is 109 cm³/mol. The number of nitrogens with one attached hydrogen (secondary N) is 2. The highest BCUT2D eigenvalue weighted by molar-refractivity contribution is 7.89. The van der Waals surface area contributed by atoms with Gasteiger partial charge in [-0.1, -0.05) is 30.3 Å². The third-order valence-corrected chi connectivity index (χ3v) is 6.19. The number of carbonyl (C=O) groups excluding carboxylic acids is 1. The smallest absolute Gasteiger partial charge is 0.323 e. The van der Waals surface area contributed by atoms with Crippen molar-refractivity contribution in [2.24, 2.45) is 0 Å². The highest BCUT2D eigenvalue weighted by Crippen LogP contribution is 2.27. The van der Waals surface area contributed by atoms with E-state index in [9.17, 15) is 13.2 Å². The average Bonchev–Trinajstić information content (AvgIpc) is 3.16. The fourth-order valence-corrected chi connectivity index (χ4v) is 4.37. The number of esters is 1. The molecule has 2 N–H and O–H groups in total. The van der Waals surface area contributed by atoms with Crippen molar-refractivity contribution < 1.29 is 17.9 Å². The van der Waals surface area contributed by atoms with Crippen molar-refractivity contribution in [3.63, 3.8) is 0 Å². The van der Waals surface area contributed by atoms with Gasteiger partial charge in [-0.2, -0.15) is 4.72 Å². The first-order valence-electron chi connectivity index (χ1n) is 8.37. The summed E-state index contributed by atoms with van der Waals surface area (Å²) in [6.07, 6.45) is 0. The molecule has 2 aromatic carbocycles. The third-order valence-electron chi connectivity index (χ3n) is 3.88.